The van der Waals surface area contributed by atoms with E-state index in [1.54, 1.807) is 11.1 Å². The summed E-state index contributed by atoms with van der Waals surface area (Å²) in [4.78, 5) is 5.40. The van der Waals surface area contributed by atoms with Gasteiger partial charge in [-0.3, -0.25) is 10.7 Å². The van der Waals surface area contributed by atoms with E-state index in [4.69, 9.17) is 16.3 Å². The summed E-state index contributed by atoms with van der Waals surface area (Å²) in [5, 5.41) is 0. The molecule has 3 rings (SSSR count). The zero-order chi connectivity index (χ0) is 15.6. The van der Waals surface area contributed by atoms with Crippen LogP contribution < -0.4 is 17.0 Å². The molecule has 0 amide bonds. The minimum Gasteiger partial charge on any atom is -0.400 e. The van der Waals surface area contributed by atoms with Gasteiger partial charge >= 0.3 is 0 Å². The van der Waals surface area contributed by atoms with Gasteiger partial charge in [-0.15, -0.1) is 11.3 Å². The van der Waals surface area contributed by atoms with Crippen LogP contribution in [0.4, 0.5) is 0 Å². The van der Waals surface area contributed by atoms with Crippen LogP contribution in [0.1, 0.15) is 35.1 Å². The predicted octanol–water partition coefficient (Wildman–Crippen LogP) is 1.44. The molecule has 1 fully saturated rings. The van der Waals surface area contributed by atoms with Crippen molar-refractivity contribution < 1.29 is 4.74 Å². The number of thiophene rings is 1. The Morgan fingerprint density at radius 3 is 2.95 bits per heavy atom. The Morgan fingerprint density at radius 2 is 2.27 bits per heavy atom. The first-order valence-electron chi connectivity index (χ1n) is 8.06. The number of rotatable bonds is 4. The zero-order valence-electron chi connectivity index (χ0n) is 13.2. The van der Waals surface area contributed by atoms with Gasteiger partial charge in [-0.1, -0.05) is 6.92 Å². The molecule has 22 heavy (non-hydrogen) atoms. The van der Waals surface area contributed by atoms with Crippen molar-refractivity contribution in [3.8, 4) is 0 Å². The quantitative estimate of drug-likeness (QED) is 0.578. The summed E-state index contributed by atoms with van der Waals surface area (Å²) in [5.41, 5.74) is 10.6. The van der Waals surface area contributed by atoms with Crippen molar-refractivity contribution in [2.45, 2.75) is 38.2 Å². The molecule has 6 heteroatoms. The van der Waals surface area contributed by atoms with Crippen molar-refractivity contribution >= 4 is 11.3 Å². The highest BCUT2D eigenvalue weighted by atomic mass is 32.1. The second-order valence-electron chi connectivity index (χ2n) is 6.16. The number of fused-ring (bicyclic) bond motifs is 2. The molecule has 5 N–H and O–H groups in total. The third kappa shape index (κ3) is 3.01. The molecule has 0 aliphatic carbocycles. The fourth-order valence-electron chi connectivity index (χ4n) is 3.54. The van der Waals surface area contributed by atoms with E-state index >= 15 is 0 Å². The van der Waals surface area contributed by atoms with Crippen molar-refractivity contribution in [1.82, 2.24) is 10.3 Å². The molecule has 0 aromatic carbocycles. The van der Waals surface area contributed by atoms with Crippen LogP contribution in [0, 0.1) is 0 Å². The molecule has 0 atom stereocenters. The van der Waals surface area contributed by atoms with E-state index < -0.39 is 0 Å². The van der Waals surface area contributed by atoms with Gasteiger partial charge < -0.3 is 15.9 Å². The molecular weight excluding hydrogens is 296 g/mol. The predicted molar refractivity (Wildman–Crippen MR) is 90.3 cm³/mol. The maximum Gasteiger partial charge on any atom is 0.0966 e. The van der Waals surface area contributed by atoms with Gasteiger partial charge in [0.1, 0.15) is 0 Å². The highest BCUT2D eigenvalue weighted by Crippen LogP contribution is 2.44. The number of aryl methyl sites for hydroxylation is 1. The Bertz CT molecular complexity index is 546. The van der Waals surface area contributed by atoms with Gasteiger partial charge in [-0.2, -0.15) is 0 Å². The van der Waals surface area contributed by atoms with E-state index in [-0.39, 0.29) is 5.60 Å². The molecule has 0 radical (unpaired) electrons. The molecule has 5 nitrogen and oxygen atoms in total. The van der Waals surface area contributed by atoms with E-state index in [9.17, 15) is 0 Å². The third-order valence-electron chi connectivity index (χ3n) is 4.75. The van der Waals surface area contributed by atoms with Crippen LogP contribution in [0.5, 0.6) is 0 Å². The number of piperidine rings is 1. The van der Waals surface area contributed by atoms with Crippen LogP contribution >= 0.6 is 11.3 Å². The molecule has 1 saturated heterocycles. The lowest BCUT2D eigenvalue weighted by molar-refractivity contribution is -0.0961. The lowest BCUT2D eigenvalue weighted by atomic mass is 9.82. The smallest absolute Gasteiger partial charge is 0.0966 e. The van der Waals surface area contributed by atoms with Crippen LogP contribution in [0.15, 0.2) is 18.0 Å². The average molecular weight is 322 g/mol. The first kappa shape index (κ1) is 15.8. The van der Waals surface area contributed by atoms with Crippen LogP contribution in [-0.2, 0) is 23.2 Å². The second-order valence-corrected chi connectivity index (χ2v) is 7.38. The molecule has 3 heterocycles. The molecule has 1 aromatic heterocycles. The molecule has 0 unspecified atom stereocenters. The number of likely N-dealkylation sites (tertiary alicyclic amines) is 1. The highest BCUT2D eigenvalue weighted by Gasteiger charge is 2.41. The summed E-state index contributed by atoms with van der Waals surface area (Å²) >= 11 is 1.98. The zero-order valence-corrected chi connectivity index (χ0v) is 14.0. The van der Waals surface area contributed by atoms with Crippen molar-refractivity contribution in [1.29, 1.82) is 0 Å². The normalized spacial score (nSPS) is 21.8. The fourth-order valence-corrected chi connectivity index (χ4v) is 4.72. The van der Waals surface area contributed by atoms with Gasteiger partial charge in [0.2, 0.25) is 0 Å². The molecular formula is C16H26N4OS. The Morgan fingerprint density at radius 1 is 1.50 bits per heavy atom. The molecule has 1 spiro atoms. The molecule has 2 aliphatic heterocycles. The van der Waals surface area contributed by atoms with Crippen LogP contribution in [-0.4, -0.2) is 31.1 Å². The van der Waals surface area contributed by atoms with Gasteiger partial charge in [-0.25, -0.2) is 0 Å². The lowest BCUT2D eigenvalue weighted by Crippen LogP contribution is -2.47. The standard InChI is InChI=1S/C16H26N4OS/c1-2-13-9-14-15(22-13)3-8-21-16(14)4-6-20(7-5-16)11-12(17)10-19-18/h9-10,19H,2-8,11,17-18H2,1H3/b12-10-. The summed E-state index contributed by atoms with van der Waals surface area (Å²) in [6.07, 6.45) is 5.94. The molecule has 2 aliphatic rings. The summed E-state index contributed by atoms with van der Waals surface area (Å²) in [6, 6.07) is 2.39. The maximum absolute atomic E-state index is 6.29. The Labute approximate surface area is 136 Å². The topological polar surface area (TPSA) is 76.5 Å². The van der Waals surface area contributed by atoms with E-state index in [2.05, 4.69) is 23.3 Å². The van der Waals surface area contributed by atoms with Crippen LogP contribution in [0.25, 0.3) is 0 Å². The molecule has 0 saturated carbocycles. The second kappa shape index (κ2) is 6.58. The number of nitrogens with two attached hydrogens (primary N) is 2. The summed E-state index contributed by atoms with van der Waals surface area (Å²) in [5.74, 6) is 5.27. The van der Waals surface area contributed by atoms with Gasteiger partial charge in [0.15, 0.2) is 0 Å². The Kier molecular flexibility index (Phi) is 4.73. The molecule has 1 aromatic rings. The third-order valence-corrected chi connectivity index (χ3v) is 6.08. The van der Waals surface area contributed by atoms with Gasteiger partial charge in [0, 0.05) is 47.7 Å². The summed E-state index contributed by atoms with van der Waals surface area (Å²) in [7, 11) is 0. The SMILES string of the molecule is CCc1cc2c(s1)CCOC21CCN(C/C(N)=C/NN)CC1. The average Bonchev–Trinajstić information content (AvgIpc) is 2.95. The summed E-state index contributed by atoms with van der Waals surface area (Å²) < 4.78 is 6.29. The number of nitrogens with zero attached hydrogens (tertiary/aromatic N) is 1. The van der Waals surface area contributed by atoms with Crippen LogP contribution in [0.3, 0.4) is 0 Å². The number of hydrogen-bond donors (Lipinski definition) is 3. The van der Waals surface area contributed by atoms with Crippen molar-refractivity contribution in [2.24, 2.45) is 11.6 Å². The fraction of sp³-hybridized carbons (Fsp3) is 0.625. The van der Waals surface area contributed by atoms with E-state index in [1.165, 1.54) is 10.4 Å². The van der Waals surface area contributed by atoms with Gasteiger partial charge in [0.25, 0.3) is 0 Å². The van der Waals surface area contributed by atoms with Crippen molar-refractivity contribution in [2.75, 3.05) is 26.2 Å². The minimum absolute atomic E-state index is 0.0569. The largest absolute Gasteiger partial charge is 0.400 e. The van der Waals surface area contributed by atoms with E-state index in [0.717, 1.165) is 57.6 Å². The monoisotopic (exact) mass is 322 g/mol. The van der Waals surface area contributed by atoms with Crippen molar-refractivity contribution in [3.05, 3.63) is 33.3 Å². The maximum atomic E-state index is 6.29. The van der Waals surface area contributed by atoms with E-state index in [0.29, 0.717) is 0 Å². The first-order chi connectivity index (χ1) is 10.7. The number of nitrogens with one attached hydrogen (secondary N) is 1. The van der Waals surface area contributed by atoms with Gasteiger partial charge in [-0.05, 0) is 30.9 Å². The lowest BCUT2D eigenvalue weighted by Gasteiger charge is -2.44. The summed E-state index contributed by atoms with van der Waals surface area (Å²) in [6.45, 7) is 5.87. The van der Waals surface area contributed by atoms with Gasteiger partial charge in [0.05, 0.1) is 12.2 Å². The molecule has 122 valence electrons. The van der Waals surface area contributed by atoms with Crippen LogP contribution in [0.2, 0.25) is 0 Å². The van der Waals surface area contributed by atoms with E-state index in [1.807, 2.05) is 11.3 Å². The highest BCUT2D eigenvalue weighted by molar-refractivity contribution is 7.12. The number of ether oxygens (including phenoxy) is 1. The molecule has 0 bridgehead atoms. The Hall–Kier alpha value is -1.08. The first-order valence-corrected chi connectivity index (χ1v) is 8.87. The number of hydrogen-bond acceptors (Lipinski definition) is 6. The van der Waals surface area contributed by atoms with Crippen molar-refractivity contribution in [3.63, 3.8) is 0 Å². The Balaban J connectivity index is 1.70. The number of hydrazine groups is 1. The minimum atomic E-state index is -0.0569.